The van der Waals surface area contributed by atoms with Gasteiger partial charge in [0, 0.05) is 23.2 Å². The molecule has 0 aliphatic carbocycles. The highest BCUT2D eigenvalue weighted by atomic mass is 32.1. The molecule has 1 unspecified atom stereocenters. The molecule has 2 atom stereocenters. The lowest BCUT2D eigenvalue weighted by Gasteiger charge is -2.23. The first-order chi connectivity index (χ1) is 7.04. The predicted octanol–water partition coefficient (Wildman–Crippen LogP) is 2.12. The molecule has 0 amide bonds. The Morgan fingerprint density at radius 3 is 2.53 bits per heavy atom. The normalized spacial score (nSPS) is 15.6. The molecule has 0 aromatic carbocycles. The number of thiazole rings is 1. The van der Waals surface area contributed by atoms with Gasteiger partial charge in [-0.25, -0.2) is 4.98 Å². The molecule has 0 saturated heterocycles. The first-order valence-corrected chi connectivity index (χ1v) is 6.15. The summed E-state index contributed by atoms with van der Waals surface area (Å²) >= 11 is 1.70. The Morgan fingerprint density at radius 2 is 2.13 bits per heavy atom. The number of aryl methyl sites for hydroxylation is 1. The van der Waals surface area contributed by atoms with Crippen LogP contribution in [0, 0.1) is 12.8 Å². The van der Waals surface area contributed by atoms with Crippen molar-refractivity contribution in [3.63, 3.8) is 0 Å². The first kappa shape index (κ1) is 12.6. The number of aliphatic hydroxyl groups is 1. The van der Waals surface area contributed by atoms with E-state index in [9.17, 15) is 5.11 Å². The van der Waals surface area contributed by atoms with Gasteiger partial charge in [-0.15, -0.1) is 11.3 Å². The van der Waals surface area contributed by atoms with Crippen molar-refractivity contribution < 1.29 is 5.11 Å². The van der Waals surface area contributed by atoms with E-state index < -0.39 is 0 Å². The fourth-order valence-electron chi connectivity index (χ4n) is 1.44. The van der Waals surface area contributed by atoms with E-state index in [1.807, 2.05) is 13.1 Å². The Kier molecular flexibility index (Phi) is 4.70. The van der Waals surface area contributed by atoms with Gasteiger partial charge in [0.05, 0.1) is 11.6 Å². The average molecular weight is 228 g/mol. The van der Waals surface area contributed by atoms with Crippen molar-refractivity contribution in [1.82, 2.24) is 10.3 Å². The van der Waals surface area contributed by atoms with E-state index in [1.165, 1.54) is 4.88 Å². The molecule has 1 rings (SSSR count). The van der Waals surface area contributed by atoms with E-state index in [1.54, 1.807) is 11.3 Å². The van der Waals surface area contributed by atoms with Crippen molar-refractivity contribution in [2.24, 2.45) is 5.92 Å². The molecule has 15 heavy (non-hydrogen) atoms. The topological polar surface area (TPSA) is 45.2 Å². The third-order valence-corrected chi connectivity index (χ3v) is 3.63. The fraction of sp³-hybridized carbons (Fsp3) is 0.727. The maximum atomic E-state index is 9.22. The minimum atomic E-state index is 0.155. The number of aromatic nitrogens is 1. The molecule has 0 saturated carbocycles. The molecule has 0 fully saturated rings. The monoisotopic (exact) mass is 228 g/mol. The van der Waals surface area contributed by atoms with Gasteiger partial charge in [-0.1, -0.05) is 13.8 Å². The van der Waals surface area contributed by atoms with Crippen LogP contribution >= 0.6 is 11.3 Å². The van der Waals surface area contributed by atoms with E-state index in [4.69, 9.17) is 0 Å². The summed E-state index contributed by atoms with van der Waals surface area (Å²) in [5, 5.41) is 13.7. The Hall–Kier alpha value is -0.450. The predicted molar refractivity (Wildman–Crippen MR) is 64.1 cm³/mol. The third-order valence-electron chi connectivity index (χ3n) is 2.53. The second kappa shape index (κ2) is 5.58. The highest BCUT2D eigenvalue weighted by molar-refractivity contribution is 7.11. The second-order valence-electron chi connectivity index (χ2n) is 4.20. The van der Waals surface area contributed by atoms with Crippen molar-refractivity contribution in [3.8, 4) is 0 Å². The summed E-state index contributed by atoms with van der Waals surface area (Å²) in [5.41, 5.74) is 0. The lowest BCUT2D eigenvalue weighted by Crippen LogP contribution is -2.38. The van der Waals surface area contributed by atoms with Gasteiger partial charge in [-0.2, -0.15) is 0 Å². The summed E-state index contributed by atoms with van der Waals surface area (Å²) in [6, 6.07) is 0.415. The van der Waals surface area contributed by atoms with Crippen molar-refractivity contribution in [3.05, 3.63) is 16.1 Å². The highest BCUT2D eigenvalue weighted by Crippen LogP contribution is 2.21. The number of hydrogen-bond donors (Lipinski definition) is 2. The Balaban J connectivity index is 2.58. The molecular weight excluding hydrogens is 208 g/mol. The van der Waals surface area contributed by atoms with Crippen molar-refractivity contribution >= 4 is 11.3 Å². The molecule has 1 heterocycles. The zero-order valence-corrected chi connectivity index (χ0v) is 10.6. The van der Waals surface area contributed by atoms with E-state index in [2.05, 4.69) is 31.1 Å². The summed E-state index contributed by atoms with van der Waals surface area (Å²) in [4.78, 5) is 5.46. The average Bonchev–Trinajstić information content (AvgIpc) is 2.60. The molecule has 0 aliphatic heterocycles. The highest BCUT2D eigenvalue weighted by Gasteiger charge is 2.16. The van der Waals surface area contributed by atoms with Crippen molar-refractivity contribution in [2.45, 2.75) is 39.8 Å². The maximum absolute atomic E-state index is 9.22. The van der Waals surface area contributed by atoms with Gasteiger partial charge in [0.25, 0.3) is 0 Å². The standard InChI is InChI=1S/C11H20N2OS/c1-7(2)10(6-14)13-8(3)11-5-12-9(4)15-11/h5,7-8,10,13-14H,6H2,1-4H3/t8?,10-/m1/s1. The fourth-order valence-corrected chi connectivity index (χ4v) is 2.23. The smallest absolute Gasteiger partial charge is 0.0897 e. The minimum Gasteiger partial charge on any atom is -0.395 e. The zero-order valence-electron chi connectivity index (χ0n) is 9.82. The SMILES string of the molecule is Cc1ncc(C(C)N[C@H](CO)C(C)C)s1. The van der Waals surface area contributed by atoms with E-state index >= 15 is 0 Å². The number of aliphatic hydroxyl groups excluding tert-OH is 1. The van der Waals surface area contributed by atoms with Crippen LogP contribution in [0.3, 0.4) is 0 Å². The molecule has 4 heteroatoms. The third kappa shape index (κ3) is 3.55. The molecular formula is C11H20N2OS. The lowest BCUT2D eigenvalue weighted by molar-refractivity contribution is 0.202. The summed E-state index contributed by atoms with van der Waals surface area (Å²) in [6.07, 6.45) is 1.91. The summed E-state index contributed by atoms with van der Waals surface area (Å²) in [6.45, 7) is 8.52. The van der Waals surface area contributed by atoms with Gasteiger partial charge >= 0.3 is 0 Å². The van der Waals surface area contributed by atoms with Crippen LogP contribution in [0.1, 0.15) is 36.7 Å². The number of nitrogens with zero attached hydrogens (tertiary/aromatic N) is 1. The molecule has 0 bridgehead atoms. The van der Waals surface area contributed by atoms with Gasteiger partial charge in [-0.05, 0) is 19.8 Å². The second-order valence-corrected chi connectivity index (χ2v) is 5.47. The van der Waals surface area contributed by atoms with E-state index in [0.29, 0.717) is 5.92 Å². The molecule has 3 nitrogen and oxygen atoms in total. The molecule has 0 aliphatic rings. The summed E-state index contributed by atoms with van der Waals surface area (Å²) in [5.74, 6) is 0.437. The number of nitrogens with one attached hydrogen (secondary N) is 1. The van der Waals surface area contributed by atoms with Crippen LogP contribution in [0.4, 0.5) is 0 Å². The first-order valence-electron chi connectivity index (χ1n) is 5.33. The zero-order chi connectivity index (χ0) is 11.4. The Labute approximate surface area is 95.6 Å². The van der Waals surface area contributed by atoms with Crippen LogP contribution in [0.15, 0.2) is 6.20 Å². The number of rotatable bonds is 5. The van der Waals surface area contributed by atoms with Crippen LogP contribution in [0.5, 0.6) is 0 Å². The van der Waals surface area contributed by atoms with Crippen LogP contribution in [0.25, 0.3) is 0 Å². The van der Waals surface area contributed by atoms with Gasteiger partial charge in [-0.3, -0.25) is 0 Å². The Bertz CT molecular complexity index is 299. The summed E-state index contributed by atoms with van der Waals surface area (Å²) < 4.78 is 0. The van der Waals surface area contributed by atoms with E-state index in [0.717, 1.165) is 5.01 Å². The largest absolute Gasteiger partial charge is 0.395 e. The van der Waals surface area contributed by atoms with E-state index in [-0.39, 0.29) is 18.7 Å². The molecule has 1 aromatic rings. The molecule has 0 spiro atoms. The van der Waals surface area contributed by atoms with Crippen LogP contribution in [-0.4, -0.2) is 22.7 Å². The van der Waals surface area contributed by atoms with Gasteiger partial charge < -0.3 is 10.4 Å². The molecule has 0 radical (unpaired) electrons. The maximum Gasteiger partial charge on any atom is 0.0897 e. The van der Waals surface area contributed by atoms with Crippen LogP contribution in [-0.2, 0) is 0 Å². The lowest BCUT2D eigenvalue weighted by atomic mass is 10.0. The van der Waals surface area contributed by atoms with Gasteiger partial charge in [0.2, 0.25) is 0 Å². The number of hydrogen-bond acceptors (Lipinski definition) is 4. The molecule has 1 aromatic heterocycles. The van der Waals surface area contributed by atoms with Crippen molar-refractivity contribution in [2.75, 3.05) is 6.61 Å². The molecule has 86 valence electrons. The van der Waals surface area contributed by atoms with Gasteiger partial charge in [0.1, 0.15) is 0 Å². The summed E-state index contributed by atoms with van der Waals surface area (Å²) in [7, 11) is 0. The molecule has 2 N–H and O–H groups in total. The Morgan fingerprint density at radius 1 is 1.47 bits per heavy atom. The quantitative estimate of drug-likeness (QED) is 0.811. The van der Waals surface area contributed by atoms with Crippen molar-refractivity contribution in [1.29, 1.82) is 0 Å². The minimum absolute atomic E-state index is 0.155. The van der Waals surface area contributed by atoms with Crippen LogP contribution < -0.4 is 5.32 Å². The van der Waals surface area contributed by atoms with Crippen LogP contribution in [0.2, 0.25) is 0 Å². The van der Waals surface area contributed by atoms with Gasteiger partial charge in [0.15, 0.2) is 0 Å².